The van der Waals surface area contributed by atoms with Gasteiger partial charge in [0.2, 0.25) is 20.0 Å². The summed E-state index contributed by atoms with van der Waals surface area (Å²) >= 11 is 0. The molecule has 2 fully saturated rings. The van der Waals surface area contributed by atoms with Crippen LogP contribution in [0.15, 0.2) is 34.1 Å². The number of hydrogen-bond donors (Lipinski definition) is 0. The second-order valence-corrected chi connectivity index (χ2v) is 10.4. The molecule has 6 nitrogen and oxygen atoms in total. The molecule has 2 heterocycles. The molecule has 134 valence electrons. The van der Waals surface area contributed by atoms with E-state index < -0.39 is 20.0 Å². The van der Waals surface area contributed by atoms with Crippen LogP contribution in [0.2, 0.25) is 0 Å². The van der Waals surface area contributed by atoms with Crippen LogP contribution in [0.3, 0.4) is 0 Å². The molecule has 2 saturated heterocycles. The lowest BCUT2D eigenvalue weighted by molar-refractivity contribution is 0.268. The summed E-state index contributed by atoms with van der Waals surface area (Å²) in [5.41, 5.74) is 0. The highest BCUT2D eigenvalue weighted by Crippen LogP contribution is 2.28. The average molecular weight is 373 g/mol. The molecule has 2 aliphatic heterocycles. The Morgan fingerprint density at radius 1 is 0.875 bits per heavy atom. The van der Waals surface area contributed by atoms with E-state index in [0.29, 0.717) is 19.6 Å². The molecule has 2 aliphatic rings. The number of hydrogen-bond acceptors (Lipinski definition) is 4. The average Bonchev–Trinajstić information content (AvgIpc) is 3.10. The van der Waals surface area contributed by atoms with E-state index in [4.69, 9.17) is 0 Å². The summed E-state index contributed by atoms with van der Waals surface area (Å²) in [6.45, 7) is 3.40. The summed E-state index contributed by atoms with van der Waals surface area (Å²) in [4.78, 5) is 0.131. The number of nitrogens with zero attached hydrogens (tertiary/aromatic N) is 2. The largest absolute Gasteiger partial charge is 0.243 e. The van der Waals surface area contributed by atoms with Gasteiger partial charge in [-0.2, -0.15) is 8.61 Å². The Labute approximate surface area is 144 Å². The van der Waals surface area contributed by atoms with Crippen LogP contribution in [-0.4, -0.2) is 51.1 Å². The van der Waals surface area contributed by atoms with Crippen molar-refractivity contribution in [3.63, 3.8) is 0 Å². The highest BCUT2D eigenvalue weighted by Gasteiger charge is 2.33. The standard InChI is InChI=1S/C16H24N2O4S2/c1-14-7-2-3-12-18(14)24(21,22)16-9-6-8-15(13-16)23(19,20)17-10-4-5-11-17/h6,8-9,13-14H,2-5,7,10-12H2,1H3/t14-/m0/s1. The Morgan fingerprint density at radius 2 is 1.46 bits per heavy atom. The van der Waals surface area contributed by atoms with Crippen molar-refractivity contribution in [1.82, 2.24) is 8.61 Å². The molecule has 0 amide bonds. The van der Waals surface area contributed by atoms with Gasteiger partial charge in [0.15, 0.2) is 0 Å². The van der Waals surface area contributed by atoms with Crippen LogP contribution in [-0.2, 0) is 20.0 Å². The molecule has 1 aromatic rings. The second kappa shape index (κ2) is 6.74. The number of rotatable bonds is 4. The first-order valence-corrected chi connectivity index (χ1v) is 11.3. The molecule has 0 spiro atoms. The van der Waals surface area contributed by atoms with Gasteiger partial charge in [-0.05, 0) is 50.8 Å². The highest BCUT2D eigenvalue weighted by molar-refractivity contribution is 7.90. The van der Waals surface area contributed by atoms with Crippen LogP contribution < -0.4 is 0 Å². The molecule has 0 bridgehead atoms. The first-order valence-electron chi connectivity index (χ1n) is 8.45. The molecule has 1 aromatic carbocycles. The monoisotopic (exact) mass is 372 g/mol. The van der Waals surface area contributed by atoms with Gasteiger partial charge in [-0.25, -0.2) is 16.8 Å². The summed E-state index contributed by atoms with van der Waals surface area (Å²) in [6, 6.07) is 5.74. The van der Waals surface area contributed by atoms with Gasteiger partial charge >= 0.3 is 0 Å². The Bertz CT molecular complexity index is 799. The molecule has 0 aromatic heterocycles. The van der Waals surface area contributed by atoms with Gasteiger partial charge < -0.3 is 0 Å². The van der Waals surface area contributed by atoms with Gasteiger partial charge in [0.1, 0.15) is 0 Å². The van der Waals surface area contributed by atoms with Crippen LogP contribution in [0.25, 0.3) is 0 Å². The third-order valence-corrected chi connectivity index (χ3v) is 8.76. The molecule has 0 saturated carbocycles. The summed E-state index contributed by atoms with van der Waals surface area (Å²) in [5.74, 6) is 0. The smallest absolute Gasteiger partial charge is 0.207 e. The molecular weight excluding hydrogens is 348 g/mol. The van der Waals surface area contributed by atoms with Crippen molar-refractivity contribution >= 4 is 20.0 Å². The quantitative estimate of drug-likeness (QED) is 0.810. The van der Waals surface area contributed by atoms with Crippen LogP contribution >= 0.6 is 0 Å². The van der Waals surface area contributed by atoms with Gasteiger partial charge in [0.25, 0.3) is 0 Å². The Balaban J connectivity index is 1.95. The summed E-state index contributed by atoms with van der Waals surface area (Å²) < 4.78 is 54.1. The van der Waals surface area contributed by atoms with E-state index >= 15 is 0 Å². The van der Waals surface area contributed by atoms with Gasteiger partial charge in [0, 0.05) is 25.7 Å². The topological polar surface area (TPSA) is 74.8 Å². The fourth-order valence-electron chi connectivity index (χ4n) is 3.44. The minimum absolute atomic E-state index is 0.0532. The third-order valence-electron chi connectivity index (χ3n) is 4.86. The fourth-order valence-corrected chi connectivity index (χ4v) is 6.82. The zero-order valence-electron chi connectivity index (χ0n) is 13.9. The van der Waals surface area contributed by atoms with Gasteiger partial charge in [-0.1, -0.05) is 12.5 Å². The maximum Gasteiger partial charge on any atom is 0.243 e. The number of piperidine rings is 1. The predicted molar refractivity (Wildman–Crippen MR) is 91.6 cm³/mol. The number of sulfonamides is 2. The van der Waals surface area contributed by atoms with Crippen molar-refractivity contribution in [1.29, 1.82) is 0 Å². The molecule has 0 unspecified atom stereocenters. The molecule has 0 radical (unpaired) electrons. The zero-order chi connectivity index (χ0) is 17.4. The molecule has 8 heteroatoms. The lowest BCUT2D eigenvalue weighted by Crippen LogP contribution is -2.42. The minimum atomic E-state index is -3.67. The predicted octanol–water partition coefficient (Wildman–Crippen LogP) is 2.03. The summed E-state index contributed by atoms with van der Waals surface area (Å²) in [7, 11) is -7.28. The third kappa shape index (κ3) is 3.24. The Hall–Kier alpha value is -0.960. The van der Waals surface area contributed by atoms with Gasteiger partial charge in [0.05, 0.1) is 9.79 Å². The molecule has 0 N–H and O–H groups in total. The SMILES string of the molecule is C[C@H]1CCCCN1S(=O)(=O)c1cccc(S(=O)(=O)N2CCCC2)c1. The van der Waals surface area contributed by atoms with Crippen molar-refractivity contribution < 1.29 is 16.8 Å². The Morgan fingerprint density at radius 3 is 2.08 bits per heavy atom. The first kappa shape index (κ1) is 17.8. The zero-order valence-corrected chi connectivity index (χ0v) is 15.5. The fraction of sp³-hybridized carbons (Fsp3) is 0.625. The van der Waals surface area contributed by atoms with Gasteiger partial charge in [-0.15, -0.1) is 0 Å². The van der Waals surface area contributed by atoms with Crippen molar-refractivity contribution in [2.75, 3.05) is 19.6 Å². The minimum Gasteiger partial charge on any atom is -0.207 e. The van der Waals surface area contributed by atoms with Crippen LogP contribution in [0.5, 0.6) is 0 Å². The van der Waals surface area contributed by atoms with E-state index in [2.05, 4.69) is 0 Å². The normalized spacial score (nSPS) is 24.3. The Kier molecular flexibility index (Phi) is 5.01. The molecule has 1 atom stereocenters. The van der Waals surface area contributed by atoms with E-state index in [9.17, 15) is 16.8 Å². The van der Waals surface area contributed by atoms with E-state index in [1.165, 1.54) is 32.9 Å². The molecule has 3 rings (SSSR count). The summed E-state index contributed by atoms with van der Waals surface area (Å²) in [6.07, 6.45) is 4.40. The van der Waals surface area contributed by atoms with Crippen molar-refractivity contribution in [3.05, 3.63) is 24.3 Å². The summed E-state index contributed by atoms with van der Waals surface area (Å²) in [5, 5.41) is 0. The van der Waals surface area contributed by atoms with Crippen LogP contribution in [0, 0.1) is 0 Å². The number of benzene rings is 1. The molecular formula is C16H24N2O4S2. The van der Waals surface area contributed by atoms with E-state index in [1.807, 2.05) is 6.92 Å². The van der Waals surface area contributed by atoms with E-state index in [0.717, 1.165) is 32.1 Å². The lowest BCUT2D eigenvalue weighted by atomic mass is 10.1. The van der Waals surface area contributed by atoms with Gasteiger partial charge in [-0.3, -0.25) is 0 Å². The van der Waals surface area contributed by atoms with E-state index in [-0.39, 0.29) is 15.8 Å². The van der Waals surface area contributed by atoms with Crippen LogP contribution in [0.1, 0.15) is 39.0 Å². The molecule has 24 heavy (non-hydrogen) atoms. The molecule has 0 aliphatic carbocycles. The van der Waals surface area contributed by atoms with Crippen molar-refractivity contribution in [2.45, 2.75) is 54.9 Å². The second-order valence-electron chi connectivity index (χ2n) is 6.55. The first-order chi connectivity index (χ1) is 11.3. The van der Waals surface area contributed by atoms with Crippen molar-refractivity contribution in [2.24, 2.45) is 0 Å². The maximum absolute atomic E-state index is 12.9. The van der Waals surface area contributed by atoms with E-state index in [1.54, 1.807) is 0 Å². The highest BCUT2D eigenvalue weighted by atomic mass is 32.2. The van der Waals surface area contributed by atoms with Crippen molar-refractivity contribution in [3.8, 4) is 0 Å². The lowest BCUT2D eigenvalue weighted by Gasteiger charge is -2.32. The maximum atomic E-state index is 12.9. The van der Waals surface area contributed by atoms with Crippen LogP contribution in [0.4, 0.5) is 0 Å².